The van der Waals surface area contributed by atoms with Gasteiger partial charge in [0, 0.05) is 25.4 Å². The monoisotopic (exact) mass is 361 g/mol. The number of likely N-dealkylation sites (tertiary alicyclic amines) is 1. The normalized spacial score (nSPS) is 21.5. The number of aryl methyl sites for hydroxylation is 1. The van der Waals surface area contributed by atoms with Crippen LogP contribution in [-0.4, -0.2) is 44.7 Å². The molecule has 2 aliphatic heterocycles. The molecule has 1 aromatic carbocycles. The molecule has 0 aliphatic carbocycles. The average Bonchev–Trinajstić information content (AvgIpc) is 3.25. The van der Waals surface area contributed by atoms with Crippen molar-refractivity contribution in [1.82, 2.24) is 14.3 Å². The lowest BCUT2D eigenvalue weighted by molar-refractivity contribution is 0.0427. The molecule has 6 heteroatoms. The maximum Gasteiger partial charge on any atom is 0.274 e. The average molecular weight is 361 g/mol. The van der Waals surface area contributed by atoms with E-state index in [4.69, 9.17) is 4.74 Å². The van der Waals surface area contributed by atoms with Gasteiger partial charge in [0.2, 0.25) is 0 Å². The second kappa shape index (κ2) is 5.67. The fourth-order valence-electron chi connectivity index (χ4n) is 4.06. The molecule has 1 atom stereocenters. The van der Waals surface area contributed by atoms with Gasteiger partial charge in [-0.1, -0.05) is 18.2 Å². The van der Waals surface area contributed by atoms with Crippen LogP contribution in [-0.2, 0) is 0 Å². The molecule has 1 spiro atoms. The summed E-state index contributed by atoms with van der Waals surface area (Å²) in [6.45, 7) is 2.96. The minimum absolute atomic E-state index is 0.0781. The van der Waals surface area contributed by atoms with E-state index < -0.39 is 5.60 Å². The third kappa shape index (κ3) is 2.60. The third-order valence-corrected chi connectivity index (χ3v) is 5.42. The first kappa shape index (κ1) is 16.1. The Kier molecular flexibility index (Phi) is 3.37. The lowest BCUT2D eigenvalue weighted by Gasteiger charge is -2.34. The highest BCUT2D eigenvalue weighted by atomic mass is 16.5. The van der Waals surface area contributed by atoms with Crippen molar-refractivity contribution in [2.45, 2.75) is 25.4 Å². The zero-order valence-corrected chi connectivity index (χ0v) is 15.0. The number of imidazole rings is 1. The Morgan fingerprint density at radius 1 is 1.19 bits per heavy atom. The lowest BCUT2D eigenvalue weighted by atomic mass is 9.89. The number of benzene rings is 1. The highest BCUT2D eigenvalue weighted by Crippen LogP contribution is 2.38. The summed E-state index contributed by atoms with van der Waals surface area (Å²) in [7, 11) is 0. The molecule has 2 aromatic heterocycles. The summed E-state index contributed by atoms with van der Waals surface area (Å²) in [6.07, 6.45) is 4.66. The minimum Gasteiger partial charge on any atom is -0.484 e. The van der Waals surface area contributed by atoms with E-state index in [1.165, 1.54) is 0 Å². The first-order chi connectivity index (χ1) is 13.0. The molecule has 1 fully saturated rings. The van der Waals surface area contributed by atoms with Crippen LogP contribution < -0.4 is 4.74 Å². The molecule has 1 saturated heterocycles. The van der Waals surface area contributed by atoms with E-state index in [1.54, 1.807) is 17.2 Å². The van der Waals surface area contributed by atoms with E-state index in [0.29, 0.717) is 42.9 Å². The van der Waals surface area contributed by atoms with Crippen molar-refractivity contribution < 1.29 is 14.3 Å². The van der Waals surface area contributed by atoms with E-state index in [-0.39, 0.29) is 11.7 Å². The van der Waals surface area contributed by atoms with Gasteiger partial charge in [0.15, 0.2) is 5.78 Å². The van der Waals surface area contributed by atoms with Crippen LogP contribution in [0.3, 0.4) is 0 Å². The number of hydrogen-bond donors (Lipinski definition) is 0. The highest BCUT2D eigenvalue weighted by molar-refractivity contribution is 6.00. The molecule has 4 heterocycles. The molecule has 136 valence electrons. The van der Waals surface area contributed by atoms with Gasteiger partial charge < -0.3 is 14.0 Å². The zero-order valence-electron chi connectivity index (χ0n) is 15.0. The van der Waals surface area contributed by atoms with Gasteiger partial charge in [-0.2, -0.15) is 0 Å². The van der Waals surface area contributed by atoms with Gasteiger partial charge in [-0.3, -0.25) is 9.59 Å². The summed E-state index contributed by atoms with van der Waals surface area (Å²) < 4.78 is 8.07. The maximum absolute atomic E-state index is 13.0. The van der Waals surface area contributed by atoms with E-state index in [1.807, 2.05) is 47.9 Å². The number of carbonyl (C=O) groups excluding carboxylic acids is 2. The number of aromatic nitrogens is 2. The van der Waals surface area contributed by atoms with Crippen LogP contribution in [0.2, 0.25) is 0 Å². The number of pyridine rings is 1. The van der Waals surface area contributed by atoms with Crippen LogP contribution in [0.4, 0.5) is 0 Å². The molecule has 0 unspecified atom stereocenters. The predicted molar refractivity (Wildman–Crippen MR) is 99.2 cm³/mol. The molecule has 5 rings (SSSR count). The summed E-state index contributed by atoms with van der Waals surface area (Å²) in [5, 5.41) is 0. The number of ketones is 1. The first-order valence-corrected chi connectivity index (χ1v) is 9.09. The quantitative estimate of drug-likeness (QED) is 0.669. The van der Waals surface area contributed by atoms with Gasteiger partial charge in [-0.15, -0.1) is 0 Å². The molecular weight excluding hydrogens is 342 g/mol. The lowest BCUT2D eigenvalue weighted by Crippen LogP contribution is -2.45. The topological polar surface area (TPSA) is 63.9 Å². The first-order valence-electron chi connectivity index (χ1n) is 9.09. The van der Waals surface area contributed by atoms with Crippen molar-refractivity contribution in [3.05, 3.63) is 65.6 Å². The molecule has 0 bridgehead atoms. The molecule has 0 saturated carbocycles. The molecule has 1 amide bonds. The van der Waals surface area contributed by atoms with Gasteiger partial charge in [0.25, 0.3) is 5.91 Å². The maximum atomic E-state index is 13.0. The summed E-state index contributed by atoms with van der Waals surface area (Å²) in [5.41, 5.74) is 2.27. The number of Topliss-reactive ketones (excluding diaryl/α,β-unsaturated/α-hetero) is 1. The summed E-state index contributed by atoms with van der Waals surface area (Å²) >= 11 is 0. The number of ether oxygens (including phenoxy) is 1. The van der Waals surface area contributed by atoms with Gasteiger partial charge in [0.05, 0.1) is 18.5 Å². The molecule has 0 N–H and O–H groups in total. The Morgan fingerprint density at radius 3 is 2.93 bits per heavy atom. The minimum atomic E-state index is -0.628. The van der Waals surface area contributed by atoms with Crippen LogP contribution in [0.15, 0.2) is 48.8 Å². The van der Waals surface area contributed by atoms with Crippen LogP contribution in [0.5, 0.6) is 5.75 Å². The summed E-state index contributed by atoms with van der Waals surface area (Å²) in [5.74, 6) is 0.573. The molecule has 0 radical (unpaired) electrons. The standard InChI is InChI=1S/C21H19N3O3/c1-14-6-7-19-22-16(12-24(19)11-14)20(26)23-9-8-21(13-23)10-17(25)15-4-2-3-5-18(15)27-21/h2-7,11-12H,8-10,13H2,1H3/t21-/m0/s1. The molecular formula is C21H19N3O3. The Bertz CT molecular complexity index is 1090. The predicted octanol–water partition coefficient (Wildman–Crippen LogP) is 2.89. The van der Waals surface area contributed by atoms with E-state index in [0.717, 1.165) is 11.2 Å². The number of fused-ring (bicyclic) bond motifs is 2. The van der Waals surface area contributed by atoms with E-state index in [2.05, 4.69) is 4.98 Å². The van der Waals surface area contributed by atoms with Crippen molar-refractivity contribution in [2.75, 3.05) is 13.1 Å². The number of nitrogens with zero attached hydrogens (tertiary/aromatic N) is 3. The Balaban J connectivity index is 1.40. The largest absolute Gasteiger partial charge is 0.484 e. The van der Waals surface area contributed by atoms with Gasteiger partial charge in [-0.05, 0) is 30.7 Å². The Hall–Kier alpha value is -3.15. The number of hydrogen-bond acceptors (Lipinski definition) is 4. The van der Waals surface area contributed by atoms with Gasteiger partial charge >= 0.3 is 0 Å². The summed E-state index contributed by atoms with van der Waals surface area (Å²) in [6, 6.07) is 11.2. The van der Waals surface area contributed by atoms with Crippen molar-refractivity contribution in [2.24, 2.45) is 0 Å². The van der Waals surface area contributed by atoms with Crippen LogP contribution in [0, 0.1) is 6.92 Å². The molecule has 6 nitrogen and oxygen atoms in total. The number of carbonyl (C=O) groups is 2. The van der Waals surface area contributed by atoms with Gasteiger partial charge in [-0.25, -0.2) is 4.98 Å². The SMILES string of the molecule is Cc1ccc2nc(C(=O)N3CC[C@]4(CC(=O)c5ccccc5O4)C3)cn2c1. The zero-order chi connectivity index (χ0) is 18.6. The fourth-order valence-corrected chi connectivity index (χ4v) is 4.06. The summed E-state index contributed by atoms with van der Waals surface area (Å²) in [4.78, 5) is 31.7. The smallest absolute Gasteiger partial charge is 0.274 e. The van der Waals surface area contributed by atoms with Crippen molar-refractivity contribution in [3.63, 3.8) is 0 Å². The number of rotatable bonds is 1. The Labute approximate surface area is 156 Å². The van der Waals surface area contributed by atoms with Crippen LogP contribution >= 0.6 is 0 Å². The number of amides is 1. The second-order valence-electron chi connectivity index (χ2n) is 7.46. The van der Waals surface area contributed by atoms with E-state index >= 15 is 0 Å². The van der Waals surface area contributed by atoms with Gasteiger partial charge in [0.1, 0.15) is 22.7 Å². The second-order valence-corrected chi connectivity index (χ2v) is 7.46. The van der Waals surface area contributed by atoms with Crippen LogP contribution in [0.1, 0.15) is 39.3 Å². The van der Waals surface area contributed by atoms with E-state index in [9.17, 15) is 9.59 Å². The molecule has 2 aliphatic rings. The number of para-hydroxylation sites is 1. The Morgan fingerprint density at radius 2 is 2.04 bits per heavy atom. The highest BCUT2D eigenvalue weighted by Gasteiger charge is 2.47. The van der Waals surface area contributed by atoms with Crippen molar-refractivity contribution in [1.29, 1.82) is 0 Å². The third-order valence-electron chi connectivity index (χ3n) is 5.42. The van der Waals surface area contributed by atoms with Crippen LogP contribution in [0.25, 0.3) is 5.65 Å². The molecule has 3 aromatic rings. The molecule has 27 heavy (non-hydrogen) atoms. The van der Waals surface area contributed by atoms with Crippen molar-refractivity contribution >= 4 is 17.3 Å². The fraction of sp³-hybridized carbons (Fsp3) is 0.286. The van der Waals surface area contributed by atoms with Crippen molar-refractivity contribution in [3.8, 4) is 5.75 Å².